The Labute approximate surface area is 186 Å². The van der Waals surface area contributed by atoms with Gasteiger partial charge < -0.3 is 0 Å². The van der Waals surface area contributed by atoms with Crippen molar-refractivity contribution in [1.29, 1.82) is 0 Å². The highest BCUT2D eigenvalue weighted by Crippen LogP contribution is 2.32. The number of nitrogens with zero attached hydrogens (tertiary/aromatic N) is 6. The Balaban J connectivity index is 1.79. The Morgan fingerprint density at radius 1 is 1.25 bits per heavy atom. The third kappa shape index (κ3) is 3.07. The van der Waals surface area contributed by atoms with Crippen LogP contribution in [0.15, 0.2) is 33.9 Å². The summed E-state index contributed by atoms with van der Waals surface area (Å²) in [7, 11) is 1.44. The van der Waals surface area contributed by atoms with Gasteiger partial charge in [-0.2, -0.15) is 0 Å². The van der Waals surface area contributed by atoms with Crippen molar-refractivity contribution in [3.63, 3.8) is 0 Å². The van der Waals surface area contributed by atoms with Gasteiger partial charge in [-0.1, -0.05) is 17.3 Å². The van der Waals surface area contributed by atoms with Crippen LogP contribution in [0.2, 0.25) is 0 Å². The van der Waals surface area contributed by atoms with Crippen LogP contribution >= 0.6 is 11.3 Å². The highest BCUT2D eigenvalue weighted by Gasteiger charge is 2.31. The lowest BCUT2D eigenvalue weighted by molar-refractivity contribution is -0.0767. The van der Waals surface area contributed by atoms with E-state index in [1.165, 1.54) is 23.4 Å². The molecule has 0 N–H and O–H groups in total. The second kappa shape index (κ2) is 7.68. The van der Waals surface area contributed by atoms with Crippen molar-refractivity contribution in [3.8, 4) is 0 Å². The van der Waals surface area contributed by atoms with Gasteiger partial charge in [0.1, 0.15) is 10.3 Å². The molecule has 1 amide bonds. The minimum atomic E-state index is -0.490. The third-order valence-electron chi connectivity index (χ3n) is 5.62. The molecule has 1 aliphatic rings. The van der Waals surface area contributed by atoms with Gasteiger partial charge in [0.05, 0.1) is 36.2 Å². The molecule has 1 aromatic carbocycles. The number of hydroxylamine groups is 2. The van der Waals surface area contributed by atoms with Crippen LogP contribution in [-0.2, 0) is 18.4 Å². The Kier molecular flexibility index (Phi) is 4.94. The van der Waals surface area contributed by atoms with Crippen molar-refractivity contribution in [1.82, 2.24) is 29.2 Å². The molecule has 1 aliphatic heterocycles. The van der Waals surface area contributed by atoms with Gasteiger partial charge >= 0.3 is 5.69 Å². The molecule has 0 atom stereocenters. The molecule has 0 radical (unpaired) electrons. The molecule has 166 valence electrons. The number of benzene rings is 1. The zero-order chi connectivity index (χ0) is 22.6. The molecular formula is C21H22N6O4S. The van der Waals surface area contributed by atoms with Gasteiger partial charge in [-0.3, -0.25) is 23.6 Å². The zero-order valence-electron chi connectivity index (χ0n) is 17.9. The average molecular weight is 455 g/mol. The molecule has 0 unspecified atom stereocenters. The lowest BCUT2D eigenvalue weighted by Gasteiger charge is -2.15. The van der Waals surface area contributed by atoms with E-state index in [4.69, 9.17) is 4.84 Å². The maximum absolute atomic E-state index is 13.5. The van der Waals surface area contributed by atoms with Crippen molar-refractivity contribution < 1.29 is 9.63 Å². The van der Waals surface area contributed by atoms with Gasteiger partial charge in [0, 0.05) is 18.0 Å². The Bertz CT molecular complexity index is 1470. The van der Waals surface area contributed by atoms with Crippen LogP contribution < -0.4 is 11.2 Å². The molecule has 1 fully saturated rings. The largest absolute Gasteiger partial charge is 0.332 e. The van der Waals surface area contributed by atoms with Gasteiger partial charge in [-0.15, -0.1) is 16.4 Å². The van der Waals surface area contributed by atoms with Gasteiger partial charge in [0.2, 0.25) is 0 Å². The standard InChI is InChI=1S/C21H22N6O4S/c1-12(2)27-20-17(18(28)24(3)21(27)30)16(19(29)26-9-6-10-31-26)15(32-20)11-25-14-8-5-4-7-13(14)22-23-25/h4-5,7-8,12H,6,9-11H2,1-3H3. The van der Waals surface area contributed by atoms with Crippen LogP contribution in [-0.4, -0.2) is 48.3 Å². The predicted octanol–water partition coefficient (Wildman–Crippen LogP) is 1.91. The van der Waals surface area contributed by atoms with E-state index < -0.39 is 11.2 Å². The fourth-order valence-electron chi connectivity index (χ4n) is 4.03. The highest BCUT2D eigenvalue weighted by atomic mass is 32.1. The van der Waals surface area contributed by atoms with E-state index in [0.717, 1.165) is 22.0 Å². The topological polar surface area (TPSA) is 104 Å². The maximum Gasteiger partial charge on any atom is 0.332 e. The van der Waals surface area contributed by atoms with E-state index in [0.29, 0.717) is 22.9 Å². The Hall–Kier alpha value is -3.31. The second-order valence-electron chi connectivity index (χ2n) is 8.02. The lowest BCUT2D eigenvalue weighted by atomic mass is 10.1. The molecule has 0 saturated carbocycles. The van der Waals surface area contributed by atoms with E-state index >= 15 is 0 Å². The van der Waals surface area contributed by atoms with E-state index in [9.17, 15) is 14.4 Å². The van der Waals surface area contributed by atoms with Gasteiger partial charge in [0.15, 0.2) is 0 Å². The normalized spacial score (nSPS) is 14.3. The molecule has 0 bridgehead atoms. The number of hydrogen-bond donors (Lipinski definition) is 0. The van der Waals surface area contributed by atoms with Crippen LogP contribution in [0, 0.1) is 0 Å². The molecule has 0 aliphatic carbocycles. The molecule has 3 aromatic heterocycles. The van der Waals surface area contributed by atoms with Crippen LogP contribution in [0.5, 0.6) is 0 Å². The summed E-state index contributed by atoms with van der Waals surface area (Å²) in [6.45, 7) is 4.89. The van der Waals surface area contributed by atoms with Crippen LogP contribution in [0.4, 0.5) is 0 Å². The van der Waals surface area contributed by atoms with Gasteiger partial charge in [0.25, 0.3) is 11.5 Å². The molecule has 0 spiro atoms. The van der Waals surface area contributed by atoms with Crippen molar-refractivity contribution >= 4 is 38.5 Å². The maximum atomic E-state index is 13.5. The van der Waals surface area contributed by atoms with E-state index in [2.05, 4.69) is 10.3 Å². The van der Waals surface area contributed by atoms with Crippen LogP contribution in [0.25, 0.3) is 21.3 Å². The zero-order valence-corrected chi connectivity index (χ0v) is 18.8. The average Bonchev–Trinajstić information content (AvgIpc) is 3.51. The fourth-order valence-corrected chi connectivity index (χ4v) is 5.42. The number of carbonyl (C=O) groups is 1. The summed E-state index contributed by atoms with van der Waals surface area (Å²) in [5.41, 5.74) is 0.916. The van der Waals surface area contributed by atoms with Crippen LogP contribution in [0.1, 0.15) is 41.5 Å². The Morgan fingerprint density at radius 2 is 2.03 bits per heavy atom. The number of fused-ring (bicyclic) bond motifs is 2. The third-order valence-corrected chi connectivity index (χ3v) is 6.79. The Morgan fingerprint density at radius 3 is 2.75 bits per heavy atom. The summed E-state index contributed by atoms with van der Waals surface area (Å²) in [5.74, 6) is -0.376. The molecule has 1 saturated heterocycles. The fraction of sp³-hybridized carbons (Fsp3) is 0.381. The molecule has 4 heterocycles. The summed E-state index contributed by atoms with van der Waals surface area (Å²) >= 11 is 1.27. The number of thiophene rings is 1. The molecular weight excluding hydrogens is 432 g/mol. The SMILES string of the molecule is CC(C)n1c(=O)n(C)c(=O)c2c(C(=O)N3CCCO3)c(Cn3nnc4ccccc43)sc21. The molecule has 4 aromatic rings. The van der Waals surface area contributed by atoms with Gasteiger partial charge in [-0.25, -0.2) is 14.5 Å². The quantitative estimate of drug-likeness (QED) is 0.467. The summed E-state index contributed by atoms with van der Waals surface area (Å²) in [6, 6.07) is 7.34. The van der Waals surface area contributed by atoms with Crippen molar-refractivity contribution in [2.45, 2.75) is 32.9 Å². The van der Waals surface area contributed by atoms with Crippen molar-refractivity contribution in [3.05, 3.63) is 55.5 Å². The molecule has 11 heteroatoms. The first-order chi connectivity index (χ1) is 15.4. The minimum Gasteiger partial charge on any atom is -0.282 e. The summed E-state index contributed by atoms with van der Waals surface area (Å²) in [5, 5.41) is 9.97. The first kappa shape index (κ1) is 20.6. The summed E-state index contributed by atoms with van der Waals surface area (Å²) in [4.78, 5) is 46.2. The first-order valence-corrected chi connectivity index (χ1v) is 11.2. The molecule has 10 nitrogen and oxygen atoms in total. The van der Waals surface area contributed by atoms with E-state index in [1.807, 2.05) is 38.1 Å². The van der Waals surface area contributed by atoms with Crippen molar-refractivity contribution in [2.75, 3.05) is 13.2 Å². The number of hydrogen-bond acceptors (Lipinski definition) is 7. The summed E-state index contributed by atoms with van der Waals surface area (Å²) < 4.78 is 4.32. The smallest absolute Gasteiger partial charge is 0.282 e. The number of carbonyl (C=O) groups excluding carboxylic acids is 1. The number of rotatable bonds is 4. The predicted molar refractivity (Wildman–Crippen MR) is 120 cm³/mol. The van der Waals surface area contributed by atoms with E-state index in [-0.39, 0.29) is 29.4 Å². The first-order valence-electron chi connectivity index (χ1n) is 10.4. The number of aromatic nitrogens is 5. The van der Waals surface area contributed by atoms with E-state index in [1.54, 1.807) is 9.25 Å². The van der Waals surface area contributed by atoms with Crippen LogP contribution in [0.3, 0.4) is 0 Å². The molecule has 5 rings (SSSR count). The summed E-state index contributed by atoms with van der Waals surface area (Å²) in [6.07, 6.45) is 0.728. The van der Waals surface area contributed by atoms with Crippen molar-refractivity contribution in [2.24, 2.45) is 7.05 Å². The second-order valence-corrected chi connectivity index (χ2v) is 9.10. The van der Waals surface area contributed by atoms with Gasteiger partial charge in [-0.05, 0) is 32.4 Å². The number of para-hydroxylation sites is 1. The monoisotopic (exact) mass is 454 g/mol. The minimum absolute atomic E-state index is 0.193. The number of amides is 1. The highest BCUT2D eigenvalue weighted by molar-refractivity contribution is 7.19. The molecule has 32 heavy (non-hydrogen) atoms. The lowest BCUT2D eigenvalue weighted by Crippen LogP contribution is -2.39.